The van der Waals surface area contributed by atoms with E-state index in [1.807, 2.05) is 18.2 Å². The Hall–Kier alpha value is -1.80. The highest BCUT2D eigenvalue weighted by atomic mass is 32.2. The van der Waals surface area contributed by atoms with Crippen LogP contribution in [0, 0.1) is 5.92 Å². The zero-order chi connectivity index (χ0) is 17.9. The minimum Gasteiger partial charge on any atom is -0.332 e. The van der Waals surface area contributed by atoms with Gasteiger partial charge in [-0.05, 0) is 51.2 Å². The van der Waals surface area contributed by atoms with Gasteiger partial charge in [0.05, 0.1) is 5.25 Å². The summed E-state index contributed by atoms with van der Waals surface area (Å²) in [6.45, 7) is 4.68. The molecule has 0 bridgehead atoms. The van der Waals surface area contributed by atoms with E-state index in [9.17, 15) is 8.42 Å². The standard InChI is InChI=1S/C17H24N4O3S/c1-13(2)25(22,23)21-11-5-6-14(12-21)8-9-16-19-17(24-20-16)15-7-3-4-10-18-15/h3-4,7,10,13-14H,5-6,8-9,11-12H2,1-2H3/t14-/m1/s1. The Morgan fingerprint density at radius 1 is 1.36 bits per heavy atom. The van der Waals surface area contributed by atoms with Crippen molar-refractivity contribution in [2.45, 2.75) is 44.8 Å². The third-order valence-electron chi connectivity index (χ3n) is 4.57. The lowest BCUT2D eigenvalue weighted by molar-refractivity contribution is 0.253. The van der Waals surface area contributed by atoms with Gasteiger partial charge in [-0.2, -0.15) is 4.98 Å². The second-order valence-electron chi connectivity index (χ2n) is 6.73. The van der Waals surface area contributed by atoms with Gasteiger partial charge in [-0.1, -0.05) is 11.2 Å². The Balaban J connectivity index is 1.58. The van der Waals surface area contributed by atoms with Crippen LogP contribution in [0.1, 0.15) is 38.9 Å². The average Bonchev–Trinajstić information content (AvgIpc) is 3.10. The van der Waals surface area contributed by atoms with Crippen LogP contribution in [-0.4, -0.2) is 46.2 Å². The van der Waals surface area contributed by atoms with E-state index in [-0.39, 0.29) is 5.25 Å². The molecule has 0 saturated carbocycles. The highest BCUT2D eigenvalue weighted by Gasteiger charge is 2.30. The minimum atomic E-state index is -3.17. The average molecular weight is 364 g/mol. The summed E-state index contributed by atoms with van der Waals surface area (Å²) in [6.07, 6.45) is 5.16. The monoisotopic (exact) mass is 364 g/mol. The van der Waals surface area contributed by atoms with Gasteiger partial charge in [0.25, 0.3) is 5.89 Å². The Morgan fingerprint density at radius 2 is 2.20 bits per heavy atom. The molecule has 25 heavy (non-hydrogen) atoms. The Bertz CT molecular complexity index is 789. The summed E-state index contributed by atoms with van der Waals surface area (Å²) in [6, 6.07) is 5.53. The first-order valence-corrected chi connectivity index (χ1v) is 10.2. The van der Waals surface area contributed by atoms with Gasteiger partial charge in [-0.15, -0.1) is 0 Å². The summed E-state index contributed by atoms with van der Waals surface area (Å²) >= 11 is 0. The van der Waals surface area contributed by atoms with Crippen molar-refractivity contribution in [1.29, 1.82) is 0 Å². The van der Waals surface area contributed by atoms with Crippen molar-refractivity contribution < 1.29 is 12.9 Å². The summed E-state index contributed by atoms with van der Waals surface area (Å²) in [7, 11) is -3.17. The number of aromatic nitrogens is 3. The normalized spacial score (nSPS) is 19.4. The first-order valence-electron chi connectivity index (χ1n) is 8.70. The van der Waals surface area contributed by atoms with Gasteiger partial charge in [-0.25, -0.2) is 12.7 Å². The molecular weight excluding hydrogens is 340 g/mol. The van der Waals surface area contributed by atoms with Crippen LogP contribution in [0.4, 0.5) is 0 Å². The van der Waals surface area contributed by atoms with Gasteiger partial charge in [0.2, 0.25) is 10.0 Å². The predicted molar refractivity (Wildman–Crippen MR) is 94.2 cm³/mol. The molecule has 0 aliphatic carbocycles. The fourth-order valence-corrected chi connectivity index (χ4v) is 4.47. The van der Waals surface area contributed by atoms with Crippen molar-refractivity contribution >= 4 is 10.0 Å². The quantitative estimate of drug-likeness (QED) is 0.782. The first kappa shape index (κ1) is 18.0. The van der Waals surface area contributed by atoms with E-state index >= 15 is 0 Å². The molecule has 1 atom stereocenters. The van der Waals surface area contributed by atoms with Crippen molar-refractivity contribution in [3.63, 3.8) is 0 Å². The maximum absolute atomic E-state index is 12.3. The molecule has 136 valence electrons. The molecule has 0 spiro atoms. The van der Waals surface area contributed by atoms with Crippen molar-refractivity contribution in [1.82, 2.24) is 19.4 Å². The van der Waals surface area contributed by atoms with Gasteiger partial charge in [-0.3, -0.25) is 4.98 Å². The van der Waals surface area contributed by atoms with Crippen molar-refractivity contribution in [3.05, 3.63) is 30.2 Å². The van der Waals surface area contributed by atoms with Gasteiger partial charge in [0.15, 0.2) is 5.82 Å². The first-order chi connectivity index (χ1) is 12.0. The van der Waals surface area contributed by atoms with Crippen LogP contribution in [0.5, 0.6) is 0 Å². The zero-order valence-corrected chi connectivity index (χ0v) is 15.4. The number of hydrogen-bond donors (Lipinski definition) is 0. The van der Waals surface area contributed by atoms with E-state index in [4.69, 9.17) is 4.52 Å². The smallest absolute Gasteiger partial charge is 0.276 e. The lowest BCUT2D eigenvalue weighted by Gasteiger charge is -2.33. The van der Waals surface area contributed by atoms with Crippen LogP contribution >= 0.6 is 0 Å². The fraction of sp³-hybridized carbons (Fsp3) is 0.588. The summed E-state index contributed by atoms with van der Waals surface area (Å²) in [5, 5.41) is 3.64. The summed E-state index contributed by atoms with van der Waals surface area (Å²) in [5.41, 5.74) is 0.660. The van der Waals surface area contributed by atoms with E-state index in [1.54, 1.807) is 24.3 Å². The van der Waals surface area contributed by atoms with E-state index in [0.717, 1.165) is 19.3 Å². The minimum absolute atomic E-state index is 0.332. The van der Waals surface area contributed by atoms with E-state index in [0.29, 0.717) is 42.8 Å². The maximum Gasteiger partial charge on any atom is 0.276 e. The van der Waals surface area contributed by atoms with E-state index in [2.05, 4.69) is 15.1 Å². The Morgan fingerprint density at radius 3 is 2.92 bits per heavy atom. The molecule has 0 radical (unpaired) electrons. The van der Waals surface area contributed by atoms with Crippen LogP contribution in [0.25, 0.3) is 11.6 Å². The van der Waals surface area contributed by atoms with Crippen LogP contribution in [0.3, 0.4) is 0 Å². The van der Waals surface area contributed by atoms with E-state index in [1.165, 1.54) is 0 Å². The molecule has 3 heterocycles. The second-order valence-corrected chi connectivity index (χ2v) is 9.22. The largest absolute Gasteiger partial charge is 0.332 e. The molecule has 3 rings (SSSR count). The SMILES string of the molecule is CC(C)S(=O)(=O)N1CCC[C@H](CCc2noc(-c3ccccn3)n2)C1. The molecule has 1 aliphatic heterocycles. The molecule has 0 aromatic carbocycles. The molecule has 7 nitrogen and oxygen atoms in total. The number of rotatable bonds is 6. The lowest BCUT2D eigenvalue weighted by Crippen LogP contribution is -2.43. The van der Waals surface area contributed by atoms with Crippen LogP contribution in [0.2, 0.25) is 0 Å². The van der Waals surface area contributed by atoms with Crippen molar-refractivity contribution in [2.75, 3.05) is 13.1 Å². The molecular formula is C17H24N4O3S. The topological polar surface area (TPSA) is 89.2 Å². The number of piperidine rings is 1. The number of hydrogen-bond acceptors (Lipinski definition) is 6. The fourth-order valence-electron chi connectivity index (χ4n) is 3.07. The van der Waals surface area contributed by atoms with Gasteiger partial charge >= 0.3 is 0 Å². The van der Waals surface area contributed by atoms with Crippen LogP contribution in [-0.2, 0) is 16.4 Å². The third-order valence-corrected chi connectivity index (χ3v) is 6.81. The van der Waals surface area contributed by atoms with Gasteiger partial charge in [0.1, 0.15) is 5.69 Å². The lowest BCUT2D eigenvalue weighted by atomic mass is 9.94. The van der Waals surface area contributed by atoms with Crippen molar-refractivity contribution in [2.24, 2.45) is 5.92 Å². The molecule has 8 heteroatoms. The van der Waals surface area contributed by atoms with Gasteiger partial charge < -0.3 is 4.52 Å². The molecule has 1 fully saturated rings. The number of sulfonamides is 1. The van der Waals surface area contributed by atoms with Gasteiger partial charge in [0, 0.05) is 25.7 Å². The summed E-state index contributed by atoms with van der Waals surface area (Å²) in [4.78, 5) is 8.58. The number of pyridine rings is 1. The maximum atomic E-state index is 12.3. The Kier molecular flexibility index (Phi) is 5.48. The molecule has 2 aromatic heterocycles. The van der Waals surface area contributed by atoms with Crippen LogP contribution in [0.15, 0.2) is 28.9 Å². The molecule has 2 aromatic rings. The number of nitrogens with zero attached hydrogens (tertiary/aromatic N) is 4. The summed E-state index contributed by atoms with van der Waals surface area (Å²) < 4.78 is 31.6. The van der Waals surface area contributed by atoms with E-state index < -0.39 is 10.0 Å². The highest BCUT2D eigenvalue weighted by Crippen LogP contribution is 2.25. The van der Waals surface area contributed by atoms with Crippen LogP contribution < -0.4 is 0 Å². The second kappa shape index (κ2) is 7.61. The third kappa shape index (κ3) is 4.24. The molecule has 1 saturated heterocycles. The molecule has 0 amide bonds. The molecule has 0 unspecified atom stereocenters. The molecule has 0 N–H and O–H groups in total. The zero-order valence-electron chi connectivity index (χ0n) is 14.6. The highest BCUT2D eigenvalue weighted by molar-refractivity contribution is 7.89. The predicted octanol–water partition coefficient (Wildman–Crippen LogP) is 2.51. The molecule has 1 aliphatic rings. The number of aryl methyl sites for hydroxylation is 1. The summed E-state index contributed by atoms with van der Waals surface area (Å²) in [5.74, 6) is 1.40. The Labute approximate surface area is 148 Å². The van der Waals surface area contributed by atoms with Crippen molar-refractivity contribution in [3.8, 4) is 11.6 Å².